The maximum absolute atomic E-state index is 13.9. The van der Waals surface area contributed by atoms with E-state index in [1.165, 1.54) is 12.1 Å². The normalized spacial score (nSPS) is 20.2. The standard InChI is InChI=1S/C17H21ClFNO3/c1-3-17(4-2,9-14(21)22)20-16(23)11-8-10(11)15-12(18)6-5-7-13(15)19/h5-7,10-11H,3-4,8-9H2,1-2H3,(H,20,23)(H,21,22). The molecule has 2 rings (SSSR count). The summed E-state index contributed by atoms with van der Waals surface area (Å²) in [6.07, 6.45) is 1.46. The van der Waals surface area contributed by atoms with E-state index in [4.69, 9.17) is 16.7 Å². The number of carbonyl (C=O) groups excluding carboxylic acids is 1. The van der Waals surface area contributed by atoms with Gasteiger partial charge in [-0.3, -0.25) is 9.59 Å². The fourth-order valence-corrected chi connectivity index (χ4v) is 3.34. The Kier molecular flexibility index (Phi) is 5.30. The van der Waals surface area contributed by atoms with Crippen LogP contribution < -0.4 is 5.32 Å². The molecule has 1 aromatic carbocycles. The molecule has 0 radical (unpaired) electrons. The molecule has 2 unspecified atom stereocenters. The van der Waals surface area contributed by atoms with E-state index in [9.17, 15) is 14.0 Å². The fraction of sp³-hybridized carbons (Fsp3) is 0.529. The molecular weight excluding hydrogens is 321 g/mol. The molecule has 1 fully saturated rings. The lowest BCUT2D eigenvalue weighted by Crippen LogP contribution is -2.49. The van der Waals surface area contributed by atoms with Crippen molar-refractivity contribution in [3.8, 4) is 0 Å². The van der Waals surface area contributed by atoms with Crippen LogP contribution in [0.3, 0.4) is 0 Å². The number of carbonyl (C=O) groups is 2. The summed E-state index contributed by atoms with van der Waals surface area (Å²) in [7, 11) is 0. The van der Waals surface area contributed by atoms with E-state index < -0.39 is 17.3 Å². The van der Waals surface area contributed by atoms with Crippen LogP contribution in [0.5, 0.6) is 0 Å². The van der Waals surface area contributed by atoms with Crippen LogP contribution in [0.25, 0.3) is 0 Å². The van der Waals surface area contributed by atoms with Gasteiger partial charge in [0.25, 0.3) is 0 Å². The smallest absolute Gasteiger partial charge is 0.305 e. The predicted octanol–water partition coefficient (Wildman–Crippen LogP) is 3.73. The summed E-state index contributed by atoms with van der Waals surface area (Å²) in [5, 5.41) is 12.3. The quantitative estimate of drug-likeness (QED) is 0.794. The monoisotopic (exact) mass is 341 g/mol. The Bertz CT molecular complexity index is 596. The number of aliphatic carboxylic acids is 1. The van der Waals surface area contributed by atoms with Gasteiger partial charge in [0.2, 0.25) is 5.91 Å². The van der Waals surface area contributed by atoms with Crippen LogP contribution in [0.4, 0.5) is 4.39 Å². The van der Waals surface area contributed by atoms with Crippen molar-refractivity contribution in [2.24, 2.45) is 5.92 Å². The average Bonchev–Trinajstić information content (AvgIpc) is 3.26. The largest absolute Gasteiger partial charge is 0.481 e. The summed E-state index contributed by atoms with van der Waals surface area (Å²) in [6.45, 7) is 3.70. The molecule has 23 heavy (non-hydrogen) atoms. The molecule has 0 aromatic heterocycles. The van der Waals surface area contributed by atoms with Gasteiger partial charge in [0, 0.05) is 28.0 Å². The summed E-state index contributed by atoms with van der Waals surface area (Å²) in [5.74, 6) is -2.16. The van der Waals surface area contributed by atoms with Crippen LogP contribution in [0.2, 0.25) is 5.02 Å². The number of halogens is 2. The predicted molar refractivity (Wildman–Crippen MR) is 86.0 cm³/mol. The number of hydrogen-bond donors (Lipinski definition) is 2. The molecule has 0 spiro atoms. The highest BCUT2D eigenvalue weighted by Gasteiger charge is 2.48. The molecular formula is C17H21ClFNO3. The van der Waals surface area contributed by atoms with Gasteiger partial charge in [-0.25, -0.2) is 4.39 Å². The molecule has 0 aliphatic heterocycles. The molecule has 4 nitrogen and oxygen atoms in total. The van der Waals surface area contributed by atoms with E-state index in [1.54, 1.807) is 6.07 Å². The topological polar surface area (TPSA) is 66.4 Å². The van der Waals surface area contributed by atoms with Gasteiger partial charge in [0.15, 0.2) is 0 Å². The van der Waals surface area contributed by atoms with Crippen LogP contribution in [-0.2, 0) is 9.59 Å². The molecule has 1 saturated carbocycles. The minimum atomic E-state index is -0.946. The van der Waals surface area contributed by atoms with Crippen LogP contribution in [0.15, 0.2) is 18.2 Å². The molecule has 0 heterocycles. The van der Waals surface area contributed by atoms with Crippen LogP contribution >= 0.6 is 11.6 Å². The zero-order valence-electron chi connectivity index (χ0n) is 13.2. The first-order chi connectivity index (χ1) is 10.8. The summed E-state index contributed by atoms with van der Waals surface area (Å²) in [5.41, 5.74) is -0.374. The second-order valence-corrected chi connectivity index (χ2v) is 6.54. The van der Waals surface area contributed by atoms with E-state index in [-0.39, 0.29) is 24.2 Å². The highest BCUT2D eigenvalue weighted by molar-refractivity contribution is 6.31. The van der Waals surface area contributed by atoms with Crippen LogP contribution in [0, 0.1) is 11.7 Å². The molecule has 1 aromatic rings. The molecule has 1 aliphatic carbocycles. The number of carboxylic acid groups (broad SMARTS) is 1. The first kappa shape index (κ1) is 17.7. The number of amides is 1. The van der Waals surface area contributed by atoms with Crippen LogP contribution in [0.1, 0.15) is 51.0 Å². The van der Waals surface area contributed by atoms with Gasteiger partial charge in [-0.2, -0.15) is 0 Å². The van der Waals surface area contributed by atoms with Gasteiger partial charge in [0.05, 0.1) is 6.42 Å². The van der Waals surface area contributed by atoms with Crippen molar-refractivity contribution >= 4 is 23.5 Å². The lowest BCUT2D eigenvalue weighted by molar-refractivity contribution is -0.139. The highest BCUT2D eigenvalue weighted by Crippen LogP contribution is 2.50. The molecule has 2 atom stereocenters. The van der Waals surface area contributed by atoms with E-state index in [2.05, 4.69) is 5.32 Å². The minimum Gasteiger partial charge on any atom is -0.481 e. The van der Waals surface area contributed by atoms with Crippen LogP contribution in [-0.4, -0.2) is 22.5 Å². The second kappa shape index (κ2) is 6.87. The Morgan fingerprint density at radius 3 is 2.57 bits per heavy atom. The number of rotatable bonds is 7. The van der Waals surface area contributed by atoms with Gasteiger partial charge in [0.1, 0.15) is 5.82 Å². The lowest BCUT2D eigenvalue weighted by Gasteiger charge is -2.31. The summed E-state index contributed by atoms with van der Waals surface area (Å²) < 4.78 is 13.9. The van der Waals surface area contributed by atoms with Gasteiger partial charge < -0.3 is 10.4 Å². The average molecular weight is 342 g/mol. The SMILES string of the molecule is CCC(CC)(CC(=O)O)NC(=O)C1CC1c1c(F)cccc1Cl. The van der Waals surface area contributed by atoms with Crippen molar-refractivity contribution in [2.45, 2.75) is 51.0 Å². The Hall–Kier alpha value is -1.62. The van der Waals surface area contributed by atoms with Crippen molar-refractivity contribution in [3.63, 3.8) is 0 Å². The zero-order valence-corrected chi connectivity index (χ0v) is 14.0. The van der Waals surface area contributed by atoms with E-state index >= 15 is 0 Å². The lowest BCUT2D eigenvalue weighted by atomic mass is 9.88. The molecule has 2 N–H and O–H groups in total. The van der Waals surface area contributed by atoms with Crippen molar-refractivity contribution in [1.82, 2.24) is 5.32 Å². The fourth-order valence-electron chi connectivity index (χ4n) is 3.03. The molecule has 6 heteroatoms. The molecule has 0 saturated heterocycles. The third-order valence-electron chi connectivity index (χ3n) is 4.73. The Balaban J connectivity index is 2.09. The van der Waals surface area contributed by atoms with Gasteiger partial charge in [-0.15, -0.1) is 0 Å². The first-order valence-electron chi connectivity index (χ1n) is 7.81. The van der Waals surface area contributed by atoms with E-state index in [1.807, 2.05) is 13.8 Å². The van der Waals surface area contributed by atoms with E-state index in [0.29, 0.717) is 29.8 Å². The maximum Gasteiger partial charge on any atom is 0.305 e. The third kappa shape index (κ3) is 3.83. The maximum atomic E-state index is 13.9. The second-order valence-electron chi connectivity index (χ2n) is 6.13. The number of hydrogen-bond acceptors (Lipinski definition) is 2. The summed E-state index contributed by atoms with van der Waals surface area (Å²) in [4.78, 5) is 23.5. The van der Waals surface area contributed by atoms with Crippen molar-refractivity contribution < 1.29 is 19.1 Å². The molecule has 1 amide bonds. The molecule has 126 valence electrons. The van der Waals surface area contributed by atoms with Crippen molar-refractivity contribution in [1.29, 1.82) is 0 Å². The Morgan fingerprint density at radius 1 is 1.39 bits per heavy atom. The number of nitrogens with one attached hydrogen (secondary N) is 1. The summed E-state index contributed by atoms with van der Waals surface area (Å²) >= 11 is 6.04. The number of carboxylic acids is 1. The Morgan fingerprint density at radius 2 is 2.04 bits per heavy atom. The first-order valence-corrected chi connectivity index (χ1v) is 8.19. The molecule has 0 bridgehead atoms. The van der Waals surface area contributed by atoms with Gasteiger partial charge in [-0.05, 0) is 31.4 Å². The third-order valence-corrected chi connectivity index (χ3v) is 5.06. The van der Waals surface area contributed by atoms with E-state index in [0.717, 1.165) is 0 Å². The van der Waals surface area contributed by atoms with Crippen molar-refractivity contribution in [3.05, 3.63) is 34.6 Å². The minimum absolute atomic E-state index is 0.121. The summed E-state index contributed by atoms with van der Waals surface area (Å²) in [6, 6.07) is 4.48. The number of benzene rings is 1. The van der Waals surface area contributed by atoms with Gasteiger partial charge in [-0.1, -0.05) is 31.5 Å². The van der Waals surface area contributed by atoms with Crippen molar-refractivity contribution in [2.75, 3.05) is 0 Å². The zero-order chi connectivity index (χ0) is 17.2. The Labute approximate surface area is 140 Å². The molecule has 1 aliphatic rings. The van der Waals surface area contributed by atoms with Gasteiger partial charge >= 0.3 is 5.97 Å². The highest BCUT2D eigenvalue weighted by atomic mass is 35.5.